The van der Waals surface area contributed by atoms with Crippen LogP contribution in [0.5, 0.6) is 0 Å². The van der Waals surface area contributed by atoms with Crippen LogP contribution in [0.25, 0.3) is 0 Å². The molecule has 21 heavy (non-hydrogen) atoms. The lowest BCUT2D eigenvalue weighted by Gasteiger charge is -2.20. The van der Waals surface area contributed by atoms with Crippen molar-refractivity contribution in [2.75, 3.05) is 19.7 Å². The van der Waals surface area contributed by atoms with E-state index in [0.717, 1.165) is 19.4 Å². The summed E-state index contributed by atoms with van der Waals surface area (Å²) < 4.78 is 59.0. The van der Waals surface area contributed by atoms with E-state index >= 15 is 0 Å². The average Bonchev–Trinajstić information content (AvgIpc) is 3.07. The highest BCUT2D eigenvalue weighted by Gasteiger charge is 2.41. The minimum absolute atomic E-state index is 0.0785. The van der Waals surface area contributed by atoms with Gasteiger partial charge in [-0.3, -0.25) is 0 Å². The van der Waals surface area contributed by atoms with E-state index in [1.807, 2.05) is 6.92 Å². The number of hydrogen-bond donors (Lipinski definition) is 1. The quantitative estimate of drug-likeness (QED) is 0.782. The summed E-state index contributed by atoms with van der Waals surface area (Å²) in [6.45, 7) is 1.77. The number of alkyl halides is 4. The first kappa shape index (κ1) is 16.2. The molecule has 9 heteroatoms. The molecule has 0 bridgehead atoms. The van der Waals surface area contributed by atoms with E-state index < -0.39 is 19.0 Å². The minimum atomic E-state index is -4.17. The van der Waals surface area contributed by atoms with Gasteiger partial charge in [-0.25, -0.2) is 8.78 Å². The van der Waals surface area contributed by atoms with Crippen molar-refractivity contribution in [1.82, 2.24) is 15.5 Å². The first-order chi connectivity index (χ1) is 9.89. The lowest BCUT2D eigenvalue weighted by molar-refractivity contribution is -0.168. The molecule has 0 aromatic carbocycles. The normalized spacial score (nSPS) is 23.1. The van der Waals surface area contributed by atoms with Crippen molar-refractivity contribution < 1.29 is 26.8 Å². The summed E-state index contributed by atoms with van der Waals surface area (Å²) in [6.07, 6.45) is -2.12. The smallest absolute Gasteiger partial charge is 0.330 e. The molecule has 1 aliphatic heterocycles. The maximum Gasteiger partial charge on any atom is 0.330 e. The first-order valence-electron chi connectivity index (χ1n) is 6.67. The van der Waals surface area contributed by atoms with Gasteiger partial charge in [-0.05, 0) is 19.4 Å². The van der Waals surface area contributed by atoms with E-state index in [9.17, 15) is 17.6 Å². The van der Waals surface area contributed by atoms with Gasteiger partial charge in [0.2, 0.25) is 5.89 Å². The van der Waals surface area contributed by atoms with Crippen LogP contribution in [0.15, 0.2) is 4.52 Å². The lowest BCUT2D eigenvalue weighted by Crippen LogP contribution is -2.32. The minimum Gasteiger partial charge on any atom is -0.367 e. The molecule has 0 spiro atoms. The van der Waals surface area contributed by atoms with Crippen LogP contribution in [0, 0.1) is 0 Å². The molecule has 1 aliphatic rings. The van der Waals surface area contributed by atoms with E-state index in [0.29, 0.717) is 12.4 Å². The van der Waals surface area contributed by atoms with Gasteiger partial charge in [0.05, 0.1) is 5.41 Å². The van der Waals surface area contributed by atoms with Crippen LogP contribution in [-0.2, 0) is 16.8 Å². The fourth-order valence-corrected chi connectivity index (χ4v) is 2.25. The van der Waals surface area contributed by atoms with Crippen molar-refractivity contribution >= 4 is 0 Å². The highest BCUT2D eigenvalue weighted by Crippen LogP contribution is 2.32. The van der Waals surface area contributed by atoms with E-state index in [-0.39, 0.29) is 17.8 Å². The van der Waals surface area contributed by atoms with Gasteiger partial charge in [0.25, 0.3) is 0 Å². The second-order valence-electron chi connectivity index (χ2n) is 5.13. The Balaban J connectivity index is 1.92. The summed E-state index contributed by atoms with van der Waals surface area (Å²) in [6, 6.07) is 0. The van der Waals surface area contributed by atoms with Crippen LogP contribution in [-0.4, -0.2) is 42.2 Å². The number of nitrogens with one attached hydrogen (secondary N) is 1. The molecule has 1 aromatic rings. The Morgan fingerprint density at radius 1 is 1.48 bits per heavy atom. The highest BCUT2D eigenvalue weighted by molar-refractivity contribution is 5.09. The van der Waals surface area contributed by atoms with Crippen LogP contribution in [0.4, 0.5) is 17.6 Å². The second kappa shape index (κ2) is 6.27. The molecule has 1 atom stereocenters. The van der Waals surface area contributed by atoms with Gasteiger partial charge in [0.1, 0.15) is 13.2 Å². The van der Waals surface area contributed by atoms with E-state index in [1.54, 1.807) is 0 Å². The second-order valence-corrected chi connectivity index (χ2v) is 5.13. The van der Waals surface area contributed by atoms with Crippen molar-refractivity contribution in [3.8, 4) is 0 Å². The molecule has 0 saturated carbocycles. The molecule has 1 fully saturated rings. The van der Waals surface area contributed by atoms with Crippen LogP contribution in [0.2, 0.25) is 0 Å². The zero-order chi connectivity index (χ0) is 15.5. The van der Waals surface area contributed by atoms with Gasteiger partial charge in [-0.15, -0.1) is 0 Å². The number of ether oxygens (including phenoxy) is 1. The van der Waals surface area contributed by atoms with Gasteiger partial charge in [-0.1, -0.05) is 12.1 Å². The van der Waals surface area contributed by atoms with Gasteiger partial charge in [0, 0.05) is 6.54 Å². The number of nitrogens with zero attached hydrogens (tertiary/aromatic N) is 2. The maximum absolute atomic E-state index is 12.7. The fourth-order valence-electron chi connectivity index (χ4n) is 2.25. The average molecular weight is 311 g/mol. The van der Waals surface area contributed by atoms with Crippen LogP contribution in [0.1, 0.15) is 31.5 Å². The molecule has 5 nitrogen and oxygen atoms in total. The lowest BCUT2D eigenvalue weighted by atomic mass is 9.84. The number of halogens is 4. The number of hydrogen-bond acceptors (Lipinski definition) is 5. The van der Waals surface area contributed by atoms with Crippen molar-refractivity contribution in [2.45, 2.75) is 44.1 Å². The molecule has 0 amide bonds. The third-order valence-corrected chi connectivity index (χ3v) is 3.69. The largest absolute Gasteiger partial charge is 0.367 e. The molecule has 0 aliphatic carbocycles. The molecule has 120 valence electrons. The molecule has 0 radical (unpaired) electrons. The summed E-state index contributed by atoms with van der Waals surface area (Å²) in [4.78, 5) is 4.12. The van der Waals surface area contributed by atoms with E-state index in [2.05, 4.69) is 20.2 Å². The fraction of sp³-hybridized carbons (Fsp3) is 0.833. The van der Waals surface area contributed by atoms with Gasteiger partial charge in [-0.2, -0.15) is 13.8 Å². The van der Waals surface area contributed by atoms with Gasteiger partial charge in [0.15, 0.2) is 5.82 Å². The van der Waals surface area contributed by atoms with Gasteiger partial charge >= 0.3 is 12.3 Å². The number of rotatable bonds is 7. The van der Waals surface area contributed by atoms with E-state index in [1.165, 1.54) is 0 Å². The van der Waals surface area contributed by atoms with Crippen molar-refractivity contribution in [3.05, 3.63) is 11.7 Å². The van der Waals surface area contributed by atoms with Crippen LogP contribution >= 0.6 is 0 Å². The summed E-state index contributed by atoms with van der Waals surface area (Å²) >= 11 is 0. The predicted molar refractivity (Wildman–Crippen MR) is 64.4 cm³/mol. The summed E-state index contributed by atoms with van der Waals surface area (Å²) in [5.74, 6) is -3.67. The molecule has 2 heterocycles. The first-order valence-corrected chi connectivity index (χ1v) is 6.67. The Morgan fingerprint density at radius 3 is 2.81 bits per heavy atom. The Bertz CT molecular complexity index is 461. The Kier molecular flexibility index (Phi) is 4.82. The van der Waals surface area contributed by atoms with E-state index in [4.69, 9.17) is 4.52 Å². The van der Waals surface area contributed by atoms with Crippen LogP contribution in [0.3, 0.4) is 0 Å². The van der Waals surface area contributed by atoms with Crippen molar-refractivity contribution in [1.29, 1.82) is 0 Å². The zero-order valence-electron chi connectivity index (χ0n) is 11.5. The molecule has 1 aromatic heterocycles. The topological polar surface area (TPSA) is 60.2 Å². The Hall–Kier alpha value is -1.22. The molecule has 1 N–H and O–H groups in total. The monoisotopic (exact) mass is 311 g/mol. The number of aromatic nitrogens is 2. The molecule has 1 unspecified atom stereocenters. The molecular formula is C12H17F4N3O2. The Morgan fingerprint density at radius 2 is 2.24 bits per heavy atom. The molecular weight excluding hydrogens is 294 g/mol. The summed E-state index contributed by atoms with van der Waals surface area (Å²) in [7, 11) is 0. The molecule has 2 rings (SSSR count). The van der Waals surface area contributed by atoms with Crippen molar-refractivity contribution in [2.24, 2.45) is 0 Å². The summed E-state index contributed by atoms with van der Waals surface area (Å²) in [5.41, 5.74) is -0.252. The third-order valence-electron chi connectivity index (χ3n) is 3.69. The standard InChI is InChI=1S/C12H17F4N3O2/c1-2-11(3-4-17-6-11)10-18-8(19-21-10)5-20-7-12(15,16)9(13)14/h9,17H,2-7H2,1H3. The van der Waals surface area contributed by atoms with Crippen molar-refractivity contribution in [3.63, 3.8) is 0 Å². The Labute approximate surface area is 119 Å². The molecule has 1 saturated heterocycles. The summed E-state index contributed by atoms with van der Waals surface area (Å²) in [5, 5.41) is 6.85. The van der Waals surface area contributed by atoms with Gasteiger partial charge < -0.3 is 14.6 Å². The maximum atomic E-state index is 12.7. The predicted octanol–water partition coefficient (Wildman–Crippen LogP) is 2.13. The highest BCUT2D eigenvalue weighted by atomic mass is 19.3. The SMILES string of the molecule is CCC1(c2nc(COCC(F)(F)C(F)F)no2)CCNC1. The third kappa shape index (κ3) is 3.52. The zero-order valence-corrected chi connectivity index (χ0v) is 11.5. The van der Waals surface area contributed by atoms with Crippen LogP contribution < -0.4 is 5.32 Å².